The van der Waals surface area contributed by atoms with Crippen LogP contribution in [0, 0.1) is 0 Å². The Morgan fingerprint density at radius 1 is 1.37 bits per heavy atom. The molecule has 0 bridgehead atoms. The summed E-state index contributed by atoms with van der Waals surface area (Å²) in [6.45, 7) is 8.26. The molecule has 19 heavy (non-hydrogen) atoms. The van der Waals surface area contributed by atoms with Crippen LogP contribution in [0.4, 0.5) is 0 Å². The molecule has 1 heterocycles. The highest BCUT2D eigenvalue weighted by atomic mass is 35.5. The molecule has 0 fully saturated rings. The largest absolute Gasteiger partial charge is 0.385 e. The van der Waals surface area contributed by atoms with Gasteiger partial charge in [0, 0.05) is 6.04 Å². The average Bonchev–Trinajstić information content (AvgIpc) is 2.72. The lowest BCUT2D eigenvalue weighted by Gasteiger charge is -2.42. The number of likely N-dealkylation sites (N-methyl/N-ethyl adjacent to an activating group) is 1. The molecule has 0 radical (unpaired) electrons. The predicted octanol–water partition coefficient (Wildman–Crippen LogP) is 3.27. The number of hydrogen-bond acceptors (Lipinski definition) is 3. The van der Waals surface area contributed by atoms with Gasteiger partial charge in [0.2, 0.25) is 0 Å². The van der Waals surface area contributed by atoms with Crippen LogP contribution in [0.2, 0.25) is 5.02 Å². The molecule has 5 heteroatoms. The monoisotopic (exact) mass is 287 g/mol. The molecule has 0 aromatic carbocycles. The first-order valence-electron chi connectivity index (χ1n) is 6.90. The van der Waals surface area contributed by atoms with Gasteiger partial charge < -0.3 is 10.0 Å². The van der Waals surface area contributed by atoms with Crippen molar-refractivity contribution in [3.8, 4) is 0 Å². The van der Waals surface area contributed by atoms with Crippen molar-refractivity contribution >= 4 is 11.6 Å². The zero-order chi connectivity index (χ0) is 14.8. The van der Waals surface area contributed by atoms with Crippen LogP contribution in [0.1, 0.15) is 58.4 Å². The fourth-order valence-corrected chi connectivity index (χ4v) is 3.02. The van der Waals surface area contributed by atoms with Crippen molar-refractivity contribution in [2.24, 2.45) is 0 Å². The van der Waals surface area contributed by atoms with Crippen molar-refractivity contribution in [2.45, 2.75) is 58.2 Å². The first kappa shape index (κ1) is 16.5. The van der Waals surface area contributed by atoms with E-state index in [1.807, 2.05) is 32.6 Å². The van der Waals surface area contributed by atoms with Gasteiger partial charge in [-0.1, -0.05) is 25.4 Å². The molecule has 0 aliphatic heterocycles. The molecule has 1 aromatic rings. The van der Waals surface area contributed by atoms with Gasteiger partial charge in [0.1, 0.15) is 6.10 Å². The van der Waals surface area contributed by atoms with E-state index in [-0.39, 0.29) is 11.6 Å². The summed E-state index contributed by atoms with van der Waals surface area (Å²) in [5, 5.41) is 15.7. The molecule has 0 saturated carbocycles. The summed E-state index contributed by atoms with van der Waals surface area (Å²) in [6.07, 6.45) is 2.65. The van der Waals surface area contributed by atoms with Crippen molar-refractivity contribution < 1.29 is 5.11 Å². The summed E-state index contributed by atoms with van der Waals surface area (Å²) in [7, 11) is 4.00. The fourth-order valence-electron chi connectivity index (χ4n) is 2.79. The molecular weight excluding hydrogens is 262 g/mol. The maximum atomic E-state index is 10.9. The minimum absolute atomic E-state index is 0.172. The summed E-state index contributed by atoms with van der Waals surface area (Å²) in [6, 6.07) is 0.172. The predicted molar refractivity (Wildman–Crippen MR) is 79.6 cm³/mol. The van der Waals surface area contributed by atoms with Crippen LogP contribution in [-0.2, 0) is 0 Å². The summed E-state index contributed by atoms with van der Waals surface area (Å²) in [5.41, 5.74) is 0.394. The van der Waals surface area contributed by atoms with Gasteiger partial charge in [0.15, 0.2) is 0 Å². The number of halogens is 1. The van der Waals surface area contributed by atoms with E-state index in [2.05, 4.69) is 23.8 Å². The quantitative estimate of drug-likeness (QED) is 0.873. The van der Waals surface area contributed by atoms with E-state index >= 15 is 0 Å². The third kappa shape index (κ3) is 2.81. The van der Waals surface area contributed by atoms with Crippen LogP contribution in [0.3, 0.4) is 0 Å². The third-order valence-electron chi connectivity index (χ3n) is 4.16. The van der Waals surface area contributed by atoms with E-state index in [1.54, 1.807) is 6.20 Å². The Kier molecular flexibility index (Phi) is 5.42. The molecule has 1 N–H and O–H groups in total. The summed E-state index contributed by atoms with van der Waals surface area (Å²) < 4.78 is 1.82. The van der Waals surface area contributed by atoms with Gasteiger partial charge in [-0.3, -0.25) is 4.68 Å². The van der Waals surface area contributed by atoms with Crippen LogP contribution < -0.4 is 0 Å². The average molecular weight is 288 g/mol. The number of aromatic nitrogens is 2. The first-order valence-corrected chi connectivity index (χ1v) is 7.28. The van der Waals surface area contributed by atoms with Gasteiger partial charge in [-0.2, -0.15) is 5.10 Å². The molecule has 0 amide bonds. The summed E-state index contributed by atoms with van der Waals surface area (Å²) in [5.74, 6) is 0. The number of aliphatic hydroxyl groups is 1. The molecule has 1 atom stereocenters. The zero-order valence-corrected chi connectivity index (χ0v) is 13.6. The Labute approximate surface area is 121 Å². The van der Waals surface area contributed by atoms with Gasteiger partial charge in [-0.15, -0.1) is 0 Å². The highest BCUT2D eigenvalue weighted by Crippen LogP contribution is 2.39. The van der Waals surface area contributed by atoms with Gasteiger partial charge in [0.25, 0.3) is 0 Å². The van der Waals surface area contributed by atoms with E-state index in [9.17, 15) is 5.11 Å². The zero-order valence-electron chi connectivity index (χ0n) is 12.8. The molecule has 1 rings (SSSR count). The maximum absolute atomic E-state index is 10.9. The van der Waals surface area contributed by atoms with Crippen LogP contribution in [0.15, 0.2) is 6.20 Å². The molecule has 0 spiro atoms. The van der Waals surface area contributed by atoms with Crippen molar-refractivity contribution in [1.82, 2.24) is 14.7 Å². The maximum Gasteiger partial charge on any atom is 0.115 e. The van der Waals surface area contributed by atoms with Crippen molar-refractivity contribution in [3.05, 3.63) is 16.9 Å². The number of aliphatic hydroxyl groups excluding tert-OH is 1. The Bertz CT molecular complexity index is 411. The lowest BCUT2D eigenvalue weighted by molar-refractivity contribution is -0.0203. The molecule has 0 aliphatic rings. The minimum Gasteiger partial charge on any atom is -0.385 e. The normalized spacial score (nSPS) is 14.4. The molecule has 1 aromatic heterocycles. The highest BCUT2D eigenvalue weighted by molar-refractivity contribution is 6.31. The molecule has 0 aliphatic carbocycles. The van der Waals surface area contributed by atoms with E-state index in [0.717, 1.165) is 12.8 Å². The second-order valence-corrected chi connectivity index (χ2v) is 5.93. The van der Waals surface area contributed by atoms with Crippen molar-refractivity contribution in [2.75, 3.05) is 14.1 Å². The summed E-state index contributed by atoms with van der Waals surface area (Å²) >= 11 is 6.25. The SMILES string of the molecule is CCC(CC)(C(O)c1c(Cl)cnn1C(C)C)N(C)C. The number of nitrogens with zero attached hydrogens (tertiary/aromatic N) is 3. The minimum atomic E-state index is -0.658. The van der Waals surface area contributed by atoms with E-state index in [1.165, 1.54) is 0 Å². The second kappa shape index (κ2) is 6.25. The Morgan fingerprint density at radius 3 is 2.26 bits per heavy atom. The van der Waals surface area contributed by atoms with Gasteiger partial charge in [-0.25, -0.2) is 0 Å². The number of rotatable bonds is 6. The van der Waals surface area contributed by atoms with Crippen LogP contribution in [0.5, 0.6) is 0 Å². The van der Waals surface area contributed by atoms with Crippen LogP contribution in [0.25, 0.3) is 0 Å². The Hall–Kier alpha value is -0.580. The smallest absolute Gasteiger partial charge is 0.115 e. The summed E-state index contributed by atoms with van der Waals surface area (Å²) in [4.78, 5) is 2.09. The third-order valence-corrected chi connectivity index (χ3v) is 4.45. The molecule has 1 unspecified atom stereocenters. The van der Waals surface area contributed by atoms with E-state index in [4.69, 9.17) is 11.6 Å². The van der Waals surface area contributed by atoms with Crippen LogP contribution >= 0.6 is 11.6 Å². The van der Waals surface area contributed by atoms with Gasteiger partial charge >= 0.3 is 0 Å². The Morgan fingerprint density at radius 2 is 1.89 bits per heavy atom. The topological polar surface area (TPSA) is 41.3 Å². The molecule has 4 nitrogen and oxygen atoms in total. The first-order chi connectivity index (χ1) is 8.81. The molecular formula is C14H26ClN3O. The standard InChI is InChI=1S/C14H26ClN3O/c1-7-14(8-2,17(5)6)13(19)12-11(15)9-16-18(12)10(3)4/h9-10,13,19H,7-8H2,1-6H3. The van der Waals surface area contributed by atoms with Gasteiger partial charge in [0.05, 0.1) is 22.5 Å². The Balaban J connectivity index is 3.31. The number of hydrogen-bond donors (Lipinski definition) is 1. The lowest BCUT2D eigenvalue weighted by atomic mass is 9.83. The second-order valence-electron chi connectivity index (χ2n) is 5.52. The van der Waals surface area contributed by atoms with E-state index < -0.39 is 6.10 Å². The van der Waals surface area contributed by atoms with E-state index in [0.29, 0.717) is 10.7 Å². The van der Waals surface area contributed by atoms with Crippen molar-refractivity contribution in [3.63, 3.8) is 0 Å². The molecule has 0 saturated heterocycles. The van der Waals surface area contributed by atoms with Crippen LogP contribution in [-0.4, -0.2) is 39.4 Å². The fraction of sp³-hybridized carbons (Fsp3) is 0.786. The lowest BCUT2D eigenvalue weighted by Crippen LogP contribution is -2.49. The molecule has 110 valence electrons. The highest BCUT2D eigenvalue weighted by Gasteiger charge is 2.40. The van der Waals surface area contributed by atoms with Crippen molar-refractivity contribution in [1.29, 1.82) is 0 Å². The van der Waals surface area contributed by atoms with Gasteiger partial charge in [-0.05, 0) is 40.8 Å².